The van der Waals surface area contributed by atoms with Gasteiger partial charge in [0.1, 0.15) is 11.6 Å². The Morgan fingerprint density at radius 1 is 1.12 bits per heavy atom. The zero-order chi connectivity index (χ0) is 28.9. The molecule has 41 heavy (non-hydrogen) atoms. The molecule has 1 fully saturated rings. The van der Waals surface area contributed by atoms with E-state index in [0.717, 1.165) is 30.2 Å². The number of halogens is 3. The van der Waals surface area contributed by atoms with Gasteiger partial charge in [0.2, 0.25) is 0 Å². The van der Waals surface area contributed by atoms with Crippen molar-refractivity contribution in [3.63, 3.8) is 0 Å². The van der Waals surface area contributed by atoms with E-state index >= 15 is 0 Å². The number of nitrogens with one attached hydrogen (secondary N) is 1. The average Bonchev–Trinajstić information content (AvgIpc) is 2.97. The summed E-state index contributed by atoms with van der Waals surface area (Å²) in [7, 11) is 1.49. The number of fused-ring (bicyclic) bond motifs is 1. The smallest absolute Gasteiger partial charge is 0.282 e. The molecule has 5 rings (SSSR count). The molecular weight excluding hydrogens is 659 g/mol. The molecule has 0 unspecified atom stereocenters. The van der Waals surface area contributed by atoms with Crippen molar-refractivity contribution in [2.24, 2.45) is 5.10 Å². The number of amides is 1. The summed E-state index contributed by atoms with van der Waals surface area (Å²) in [6.45, 7) is -0.293. The molecule has 3 aromatic carbocycles. The number of methoxy groups -OCH3 is 1. The fraction of sp³-hybridized carbons (Fsp3) is 0.267. The van der Waals surface area contributed by atoms with Crippen molar-refractivity contribution >= 4 is 60.6 Å². The maximum Gasteiger partial charge on any atom is 0.282 e. The van der Waals surface area contributed by atoms with E-state index in [9.17, 15) is 14.0 Å². The maximum absolute atomic E-state index is 13.6. The molecule has 0 saturated heterocycles. The molecule has 1 N–H and O–H groups in total. The lowest BCUT2D eigenvalue weighted by atomic mass is 9.88. The molecule has 0 spiro atoms. The first kappa shape index (κ1) is 28.9. The zero-order valence-electron chi connectivity index (χ0n) is 22.2. The van der Waals surface area contributed by atoms with Crippen LogP contribution in [-0.2, 0) is 4.79 Å². The van der Waals surface area contributed by atoms with Crippen LogP contribution in [0.1, 0.15) is 49.4 Å². The Bertz CT molecular complexity index is 1670. The Morgan fingerprint density at radius 3 is 2.61 bits per heavy atom. The molecular formula is C30H27Br2FN4O4. The standard InChI is InChI=1S/C30H27Br2FN4O4/c1-40-26-14-18(13-24(32)28(26)41-17-27(38)35-22-10-8-21(33)9-11-22)16-34-37-29(19-5-3-2-4-6-19)36-25-12-7-20(31)15-23(25)30(37)39/h7-16,19H,2-6,17H2,1H3,(H,35,38). The van der Waals surface area contributed by atoms with Gasteiger partial charge in [-0.2, -0.15) is 9.78 Å². The monoisotopic (exact) mass is 684 g/mol. The number of carbonyl (C=O) groups excluding carboxylic acids is 1. The van der Waals surface area contributed by atoms with Gasteiger partial charge in [0, 0.05) is 16.1 Å². The number of anilines is 1. The summed E-state index contributed by atoms with van der Waals surface area (Å²) >= 11 is 6.95. The number of ether oxygens (including phenoxy) is 2. The Hall–Kier alpha value is -3.57. The van der Waals surface area contributed by atoms with E-state index < -0.39 is 11.7 Å². The van der Waals surface area contributed by atoms with Gasteiger partial charge in [0.05, 0.1) is 28.7 Å². The van der Waals surface area contributed by atoms with Gasteiger partial charge < -0.3 is 14.8 Å². The van der Waals surface area contributed by atoms with Crippen molar-refractivity contribution in [3.8, 4) is 11.5 Å². The largest absolute Gasteiger partial charge is 0.493 e. The molecule has 1 amide bonds. The molecule has 0 aliphatic heterocycles. The minimum Gasteiger partial charge on any atom is -0.493 e. The van der Waals surface area contributed by atoms with Crippen molar-refractivity contribution in [3.05, 3.63) is 91.1 Å². The summed E-state index contributed by atoms with van der Waals surface area (Å²) in [6, 6.07) is 14.4. The molecule has 11 heteroatoms. The minimum absolute atomic E-state index is 0.153. The highest BCUT2D eigenvalue weighted by atomic mass is 79.9. The van der Waals surface area contributed by atoms with Crippen LogP contribution in [0.2, 0.25) is 0 Å². The van der Waals surface area contributed by atoms with Crippen LogP contribution in [0, 0.1) is 5.82 Å². The molecule has 0 bridgehead atoms. The van der Waals surface area contributed by atoms with E-state index in [1.54, 1.807) is 24.4 Å². The highest BCUT2D eigenvalue weighted by molar-refractivity contribution is 9.10. The summed E-state index contributed by atoms with van der Waals surface area (Å²) in [5.74, 6) is 0.712. The van der Waals surface area contributed by atoms with Gasteiger partial charge in [0.25, 0.3) is 11.5 Å². The van der Waals surface area contributed by atoms with Crippen LogP contribution in [0.3, 0.4) is 0 Å². The van der Waals surface area contributed by atoms with Gasteiger partial charge in [-0.25, -0.2) is 9.37 Å². The first-order valence-electron chi connectivity index (χ1n) is 13.1. The number of hydrogen-bond donors (Lipinski definition) is 1. The van der Waals surface area contributed by atoms with Crippen molar-refractivity contribution < 1.29 is 18.7 Å². The van der Waals surface area contributed by atoms with Crippen LogP contribution < -0.4 is 20.3 Å². The summed E-state index contributed by atoms with van der Waals surface area (Å²) in [5.41, 5.74) is 1.52. The summed E-state index contributed by atoms with van der Waals surface area (Å²) in [6.07, 6.45) is 6.87. The molecule has 1 aliphatic carbocycles. The highest BCUT2D eigenvalue weighted by Gasteiger charge is 2.23. The Labute approximate surface area is 252 Å². The number of benzene rings is 3. The molecule has 212 valence electrons. The van der Waals surface area contributed by atoms with E-state index in [4.69, 9.17) is 14.5 Å². The topological polar surface area (TPSA) is 94.8 Å². The summed E-state index contributed by atoms with van der Waals surface area (Å²) < 4.78 is 27.1. The lowest BCUT2D eigenvalue weighted by Gasteiger charge is -2.22. The average molecular weight is 686 g/mol. The van der Waals surface area contributed by atoms with Gasteiger partial charge >= 0.3 is 0 Å². The number of aromatic nitrogens is 2. The molecule has 8 nitrogen and oxygen atoms in total. The van der Waals surface area contributed by atoms with Crippen LogP contribution in [0.4, 0.5) is 10.1 Å². The molecule has 1 saturated carbocycles. The van der Waals surface area contributed by atoms with Gasteiger partial charge in [-0.3, -0.25) is 9.59 Å². The van der Waals surface area contributed by atoms with Crippen LogP contribution in [0.15, 0.2) is 73.4 Å². The third-order valence-electron chi connectivity index (χ3n) is 6.85. The molecule has 1 aromatic heterocycles. The molecule has 1 heterocycles. The second kappa shape index (κ2) is 12.9. The predicted octanol–water partition coefficient (Wildman–Crippen LogP) is 7.02. The van der Waals surface area contributed by atoms with Crippen LogP contribution >= 0.6 is 31.9 Å². The molecule has 4 aromatic rings. The number of nitrogens with zero attached hydrogens (tertiary/aromatic N) is 3. The lowest BCUT2D eigenvalue weighted by Crippen LogP contribution is -2.25. The van der Waals surface area contributed by atoms with E-state index in [0.29, 0.717) is 43.9 Å². The lowest BCUT2D eigenvalue weighted by molar-refractivity contribution is -0.118. The molecule has 0 radical (unpaired) electrons. The van der Waals surface area contributed by atoms with Crippen molar-refractivity contribution in [1.82, 2.24) is 9.66 Å². The highest BCUT2D eigenvalue weighted by Crippen LogP contribution is 2.36. The Morgan fingerprint density at radius 2 is 1.88 bits per heavy atom. The number of hydrogen-bond acceptors (Lipinski definition) is 6. The van der Waals surface area contributed by atoms with Crippen molar-refractivity contribution in [2.45, 2.75) is 38.0 Å². The number of rotatable bonds is 8. The van der Waals surface area contributed by atoms with Gasteiger partial charge in [0.15, 0.2) is 18.1 Å². The zero-order valence-corrected chi connectivity index (χ0v) is 25.4. The van der Waals surface area contributed by atoms with E-state index in [2.05, 4.69) is 42.3 Å². The summed E-state index contributed by atoms with van der Waals surface area (Å²) in [5, 5.41) is 7.73. The third kappa shape index (κ3) is 6.84. The predicted molar refractivity (Wildman–Crippen MR) is 164 cm³/mol. The maximum atomic E-state index is 13.6. The quantitative estimate of drug-likeness (QED) is 0.201. The fourth-order valence-electron chi connectivity index (χ4n) is 4.85. The van der Waals surface area contributed by atoms with Crippen LogP contribution in [-0.4, -0.2) is 35.5 Å². The van der Waals surface area contributed by atoms with E-state index in [1.807, 2.05) is 12.1 Å². The fourth-order valence-corrected chi connectivity index (χ4v) is 5.78. The first-order chi connectivity index (χ1) is 19.8. The second-order valence-electron chi connectivity index (χ2n) is 9.71. The number of carbonyl (C=O) groups is 1. The Balaban J connectivity index is 1.41. The van der Waals surface area contributed by atoms with Crippen molar-refractivity contribution in [2.75, 3.05) is 19.0 Å². The first-order valence-corrected chi connectivity index (χ1v) is 14.7. The van der Waals surface area contributed by atoms with Gasteiger partial charge in [-0.15, -0.1) is 0 Å². The van der Waals surface area contributed by atoms with Crippen LogP contribution in [0.5, 0.6) is 11.5 Å². The molecule has 1 aliphatic rings. The van der Waals surface area contributed by atoms with Gasteiger partial charge in [-0.1, -0.05) is 35.2 Å². The molecule has 0 atom stereocenters. The Kier molecular flexibility index (Phi) is 9.14. The van der Waals surface area contributed by atoms with Gasteiger partial charge in [-0.05, 0) is 88.9 Å². The normalized spacial score (nSPS) is 14.0. The van der Waals surface area contributed by atoms with Crippen LogP contribution in [0.25, 0.3) is 10.9 Å². The second-order valence-corrected chi connectivity index (χ2v) is 11.5. The van der Waals surface area contributed by atoms with E-state index in [-0.39, 0.29) is 18.1 Å². The summed E-state index contributed by atoms with van der Waals surface area (Å²) in [4.78, 5) is 30.8. The van der Waals surface area contributed by atoms with E-state index in [1.165, 1.54) is 42.5 Å². The third-order valence-corrected chi connectivity index (χ3v) is 7.94. The van der Waals surface area contributed by atoms with Crippen molar-refractivity contribution in [1.29, 1.82) is 0 Å². The SMILES string of the molecule is COc1cc(C=Nn2c(C3CCCCC3)nc3ccc(Br)cc3c2=O)cc(Br)c1OCC(=O)Nc1ccc(F)cc1. The minimum atomic E-state index is -0.416.